The molecule has 0 aliphatic rings. The Kier molecular flexibility index (Phi) is 8.26. The number of carbonyl (C=O) groups excluding carboxylic acids is 1. The van der Waals surface area contributed by atoms with Gasteiger partial charge < -0.3 is 9.45 Å². The summed E-state index contributed by atoms with van der Waals surface area (Å²) in [6.45, 7) is 1.68. The molecular formula is C6H12NNaO4S. The van der Waals surface area contributed by atoms with Crippen molar-refractivity contribution in [3.8, 4) is 0 Å². The molecular weight excluding hydrogens is 205 g/mol. The van der Waals surface area contributed by atoms with Crippen molar-refractivity contribution in [3.63, 3.8) is 0 Å². The molecule has 0 rings (SSSR count). The number of hydrogen-bond donors (Lipinski definition) is 0. The quantitative estimate of drug-likeness (QED) is 0.360. The minimum absolute atomic E-state index is 0. The van der Waals surface area contributed by atoms with Gasteiger partial charge in [0.15, 0.2) is 0 Å². The zero-order valence-electron chi connectivity index (χ0n) is 8.11. The van der Waals surface area contributed by atoms with E-state index < -0.39 is 15.9 Å². The van der Waals surface area contributed by atoms with Crippen LogP contribution in [-0.4, -0.2) is 43.1 Å². The second-order valence-corrected chi connectivity index (χ2v) is 4.08. The van der Waals surface area contributed by atoms with Crippen LogP contribution in [0.5, 0.6) is 0 Å². The van der Waals surface area contributed by atoms with Gasteiger partial charge in [-0.25, -0.2) is 8.42 Å². The van der Waals surface area contributed by atoms with Crippen LogP contribution in [0.25, 0.3) is 0 Å². The Morgan fingerprint density at radius 3 is 2.23 bits per heavy atom. The molecule has 0 heterocycles. The van der Waals surface area contributed by atoms with Crippen LogP contribution >= 0.6 is 0 Å². The molecule has 0 aromatic carbocycles. The molecule has 0 aliphatic carbocycles. The van der Waals surface area contributed by atoms with Crippen molar-refractivity contribution in [2.75, 3.05) is 19.3 Å². The fourth-order valence-corrected chi connectivity index (χ4v) is 1.12. The van der Waals surface area contributed by atoms with Crippen molar-refractivity contribution in [3.05, 3.63) is 0 Å². The zero-order valence-corrected chi connectivity index (χ0v) is 10.9. The summed E-state index contributed by atoms with van der Waals surface area (Å²) in [7, 11) is -2.58. The van der Waals surface area contributed by atoms with Gasteiger partial charge in [-0.05, 0) is 6.42 Å². The summed E-state index contributed by atoms with van der Waals surface area (Å²) >= 11 is 0. The Bertz CT molecular complexity index is 251. The van der Waals surface area contributed by atoms with Gasteiger partial charge in [0.2, 0.25) is 5.91 Å². The molecule has 0 saturated heterocycles. The van der Waals surface area contributed by atoms with Crippen LogP contribution in [0, 0.1) is 0 Å². The Balaban J connectivity index is 0. The SMILES string of the molecule is CC(=O)N(C)CCCS(=O)(=O)[O-].[Na+]. The fraction of sp³-hybridized carbons (Fsp3) is 0.833. The van der Waals surface area contributed by atoms with Crippen LogP contribution in [0.3, 0.4) is 0 Å². The molecule has 0 fully saturated rings. The standard InChI is InChI=1S/C6H13NO4S.Na/c1-6(8)7(2)4-3-5-12(9,10)11;/h3-5H2,1-2H3,(H,9,10,11);/q;+1/p-1. The van der Waals surface area contributed by atoms with E-state index in [0.29, 0.717) is 6.54 Å². The summed E-state index contributed by atoms with van der Waals surface area (Å²) in [5.74, 6) is -0.553. The average Bonchev–Trinajstić information content (AvgIpc) is 1.84. The van der Waals surface area contributed by atoms with Crippen LogP contribution in [0.2, 0.25) is 0 Å². The van der Waals surface area contributed by atoms with Crippen molar-refractivity contribution >= 4 is 16.0 Å². The van der Waals surface area contributed by atoms with Gasteiger partial charge in [-0.1, -0.05) is 0 Å². The monoisotopic (exact) mass is 217 g/mol. The summed E-state index contributed by atoms with van der Waals surface area (Å²) < 4.78 is 30.4. The largest absolute Gasteiger partial charge is 1.00 e. The third-order valence-corrected chi connectivity index (χ3v) is 2.21. The first-order chi connectivity index (χ1) is 5.33. The summed E-state index contributed by atoms with van der Waals surface area (Å²) in [4.78, 5) is 12.0. The predicted octanol–water partition coefficient (Wildman–Crippen LogP) is -3.60. The summed E-state index contributed by atoms with van der Waals surface area (Å²) in [5.41, 5.74) is 0. The van der Waals surface area contributed by atoms with Crippen LogP contribution in [0.15, 0.2) is 0 Å². The Labute approximate surface area is 101 Å². The van der Waals surface area contributed by atoms with E-state index in [1.165, 1.54) is 11.8 Å². The topological polar surface area (TPSA) is 77.5 Å². The Morgan fingerprint density at radius 2 is 1.92 bits per heavy atom. The van der Waals surface area contributed by atoms with Crippen LogP contribution in [0.1, 0.15) is 13.3 Å². The molecule has 1 amide bonds. The molecule has 0 aliphatic heterocycles. The van der Waals surface area contributed by atoms with E-state index in [-0.39, 0.29) is 41.9 Å². The molecule has 0 unspecified atom stereocenters. The first-order valence-electron chi connectivity index (χ1n) is 3.48. The maximum absolute atomic E-state index is 10.6. The van der Waals surface area contributed by atoms with Crippen molar-refractivity contribution in [2.45, 2.75) is 13.3 Å². The summed E-state index contributed by atoms with van der Waals surface area (Å²) in [6.07, 6.45) is 0.196. The number of rotatable bonds is 4. The number of hydrogen-bond acceptors (Lipinski definition) is 4. The van der Waals surface area contributed by atoms with Crippen molar-refractivity contribution in [1.29, 1.82) is 0 Å². The smallest absolute Gasteiger partial charge is 0.748 e. The van der Waals surface area contributed by atoms with Crippen LogP contribution < -0.4 is 29.6 Å². The van der Waals surface area contributed by atoms with Gasteiger partial charge in [0.05, 0.1) is 10.1 Å². The van der Waals surface area contributed by atoms with E-state index in [1.54, 1.807) is 7.05 Å². The third-order valence-electron chi connectivity index (χ3n) is 1.43. The van der Waals surface area contributed by atoms with Gasteiger partial charge in [0.1, 0.15) is 0 Å². The number of carbonyl (C=O) groups is 1. The van der Waals surface area contributed by atoms with E-state index in [4.69, 9.17) is 0 Å². The van der Waals surface area contributed by atoms with Crippen molar-refractivity contribution < 1.29 is 47.3 Å². The second kappa shape index (κ2) is 6.78. The van der Waals surface area contributed by atoms with Crippen LogP contribution in [-0.2, 0) is 14.9 Å². The molecule has 0 radical (unpaired) electrons. The van der Waals surface area contributed by atoms with Gasteiger partial charge in [-0.2, -0.15) is 0 Å². The van der Waals surface area contributed by atoms with Crippen molar-refractivity contribution in [2.24, 2.45) is 0 Å². The van der Waals surface area contributed by atoms with Crippen molar-refractivity contribution in [1.82, 2.24) is 4.90 Å². The maximum Gasteiger partial charge on any atom is 1.00 e. The molecule has 0 aromatic rings. The van der Waals surface area contributed by atoms with E-state index in [9.17, 15) is 17.8 Å². The molecule has 0 atom stereocenters. The molecule has 13 heavy (non-hydrogen) atoms. The van der Waals surface area contributed by atoms with Gasteiger partial charge in [-0.15, -0.1) is 0 Å². The molecule has 5 nitrogen and oxygen atoms in total. The van der Waals surface area contributed by atoms with E-state index in [1.807, 2.05) is 0 Å². The summed E-state index contributed by atoms with van der Waals surface area (Å²) in [5, 5.41) is 0. The second-order valence-electron chi connectivity index (χ2n) is 2.56. The predicted molar refractivity (Wildman–Crippen MR) is 42.5 cm³/mol. The van der Waals surface area contributed by atoms with E-state index in [2.05, 4.69) is 0 Å². The molecule has 72 valence electrons. The number of amides is 1. The van der Waals surface area contributed by atoms with Gasteiger partial charge in [0, 0.05) is 26.3 Å². The van der Waals surface area contributed by atoms with Crippen LogP contribution in [0.4, 0.5) is 0 Å². The van der Waals surface area contributed by atoms with E-state index >= 15 is 0 Å². The molecule has 0 N–H and O–H groups in total. The van der Waals surface area contributed by atoms with Gasteiger partial charge >= 0.3 is 29.6 Å². The first kappa shape index (κ1) is 15.8. The Hall–Kier alpha value is 0.380. The third kappa shape index (κ3) is 10.3. The first-order valence-corrected chi connectivity index (χ1v) is 5.06. The molecule has 0 spiro atoms. The fourth-order valence-electron chi connectivity index (χ4n) is 0.636. The molecule has 0 aromatic heterocycles. The Morgan fingerprint density at radius 1 is 1.46 bits per heavy atom. The maximum atomic E-state index is 10.6. The molecule has 0 saturated carbocycles. The molecule has 7 heteroatoms. The minimum Gasteiger partial charge on any atom is -0.748 e. The zero-order chi connectivity index (χ0) is 9.78. The summed E-state index contributed by atoms with van der Waals surface area (Å²) in [6, 6.07) is 0. The number of nitrogens with zero attached hydrogens (tertiary/aromatic N) is 1. The van der Waals surface area contributed by atoms with Gasteiger partial charge in [0.25, 0.3) is 0 Å². The average molecular weight is 217 g/mol. The molecule has 0 bridgehead atoms. The van der Waals surface area contributed by atoms with Gasteiger partial charge in [-0.3, -0.25) is 4.79 Å². The minimum atomic E-state index is -4.13. The normalized spacial score (nSPS) is 10.4. The van der Waals surface area contributed by atoms with E-state index in [0.717, 1.165) is 0 Å².